The van der Waals surface area contributed by atoms with Crippen molar-refractivity contribution >= 4 is 51.3 Å². The quantitative estimate of drug-likeness (QED) is 0.129. The topological polar surface area (TPSA) is 27.7 Å². The Bertz CT molecular complexity index is 2340. The molecule has 3 aromatic heterocycles. The number of aromatic nitrogens is 4. The molecule has 0 bridgehead atoms. The fourth-order valence-corrected chi connectivity index (χ4v) is 8.58. The first-order valence-corrected chi connectivity index (χ1v) is 18.0. The molecule has 0 N–H and O–H groups in total. The third-order valence-corrected chi connectivity index (χ3v) is 12.1. The van der Waals surface area contributed by atoms with Gasteiger partial charge in [0.15, 0.2) is 17.4 Å². The standard InChI is InChI=1S/C39H31N4Si.Pt/c1-41-27-42(37-19-10-9-18-36(37)41)30-14-11-15-31(25-30)44(2,3)32-20-21-34-33-16-7-8-17-35(33)43(38(34)26-32)39-24-29(22-23-40-39)28-12-5-4-6-13-28;/h4-24,27H,1-3H3;/q-1;. The molecule has 0 radical (unpaired) electrons. The zero-order valence-electron chi connectivity index (χ0n) is 25.3. The van der Waals surface area contributed by atoms with Gasteiger partial charge in [0.25, 0.3) is 0 Å². The molecule has 0 aliphatic carbocycles. The largest absolute Gasteiger partial charge is 0.319 e. The summed E-state index contributed by atoms with van der Waals surface area (Å²) in [5.41, 5.74) is 7.93. The average molecular weight is 779 g/mol. The van der Waals surface area contributed by atoms with Crippen LogP contribution in [0, 0.1) is 12.1 Å². The fraction of sp³-hybridized carbons (Fsp3) is 0.0769. The van der Waals surface area contributed by atoms with E-state index in [9.17, 15) is 0 Å². The van der Waals surface area contributed by atoms with E-state index in [1.807, 2.05) is 6.20 Å². The summed E-state index contributed by atoms with van der Waals surface area (Å²) in [5.74, 6) is 0.895. The molecular formula is C39H31N4PtSi-. The van der Waals surface area contributed by atoms with Crippen molar-refractivity contribution in [3.8, 4) is 22.6 Å². The third kappa shape index (κ3) is 4.88. The van der Waals surface area contributed by atoms with Gasteiger partial charge in [-0.25, -0.2) is 14.1 Å². The first-order chi connectivity index (χ1) is 21.5. The molecule has 0 atom stereocenters. The third-order valence-electron chi connectivity index (χ3n) is 8.86. The Labute approximate surface area is 278 Å². The van der Waals surface area contributed by atoms with Crippen LogP contribution >= 0.6 is 0 Å². The van der Waals surface area contributed by atoms with E-state index in [-0.39, 0.29) is 21.1 Å². The van der Waals surface area contributed by atoms with E-state index in [0.717, 1.165) is 28.1 Å². The second-order valence-electron chi connectivity index (χ2n) is 11.9. The van der Waals surface area contributed by atoms with E-state index in [1.54, 1.807) is 0 Å². The summed E-state index contributed by atoms with van der Waals surface area (Å²) in [5, 5.41) is 4.88. The maximum Gasteiger partial charge on any atom is 0.188 e. The smallest absolute Gasteiger partial charge is 0.188 e. The van der Waals surface area contributed by atoms with Crippen molar-refractivity contribution in [3.63, 3.8) is 0 Å². The average Bonchev–Trinajstić information content (AvgIpc) is 3.59. The summed E-state index contributed by atoms with van der Waals surface area (Å²) in [6, 6.07) is 50.7. The Morgan fingerprint density at radius 2 is 1.36 bits per heavy atom. The van der Waals surface area contributed by atoms with Gasteiger partial charge in [-0.3, -0.25) is 0 Å². The number of para-hydroxylation sites is 3. The SMILES string of the molecule is Cn1[cH+]n(-c2[c-]c([Si](C)(C)c3[c-]c4c(cc3)c3ccccc3n4-c3cc(-c4ccccc4)ccn3)ccc2)c2ccccc21.[Pt]. The van der Waals surface area contributed by atoms with Gasteiger partial charge < -0.3 is 4.57 Å². The maximum atomic E-state index is 4.87. The first-order valence-electron chi connectivity index (χ1n) is 15.0. The van der Waals surface area contributed by atoms with Crippen LogP contribution in [0.15, 0.2) is 134 Å². The molecule has 222 valence electrons. The van der Waals surface area contributed by atoms with Crippen LogP contribution in [0.5, 0.6) is 0 Å². The molecule has 0 aliphatic rings. The van der Waals surface area contributed by atoms with Crippen molar-refractivity contribution < 1.29 is 21.1 Å². The number of hydrogen-bond donors (Lipinski definition) is 0. The van der Waals surface area contributed by atoms with Gasteiger partial charge in [0, 0.05) is 57.6 Å². The molecule has 0 unspecified atom stereocenters. The maximum absolute atomic E-state index is 4.87. The number of hydrogen-bond acceptors (Lipinski definition) is 1. The Morgan fingerprint density at radius 1 is 0.644 bits per heavy atom. The second-order valence-corrected chi connectivity index (χ2v) is 16.2. The van der Waals surface area contributed by atoms with E-state index in [1.165, 1.54) is 37.7 Å². The summed E-state index contributed by atoms with van der Waals surface area (Å²) < 4.78 is 6.68. The van der Waals surface area contributed by atoms with Gasteiger partial charge in [0.2, 0.25) is 0 Å². The number of aryl methyl sites for hydroxylation is 1. The fourth-order valence-electron chi connectivity index (χ4n) is 6.41. The van der Waals surface area contributed by atoms with E-state index < -0.39 is 8.07 Å². The Balaban J connectivity index is 0.00000325. The molecule has 0 saturated carbocycles. The molecule has 8 aromatic rings. The van der Waals surface area contributed by atoms with Crippen molar-refractivity contribution in [1.29, 1.82) is 0 Å². The van der Waals surface area contributed by atoms with Gasteiger partial charge in [-0.1, -0.05) is 67.1 Å². The number of fused-ring (bicyclic) bond motifs is 4. The molecule has 5 aromatic carbocycles. The minimum atomic E-state index is -2.20. The Morgan fingerprint density at radius 3 is 2.18 bits per heavy atom. The molecule has 45 heavy (non-hydrogen) atoms. The van der Waals surface area contributed by atoms with Gasteiger partial charge in [-0.2, -0.15) is 40.7 Å². The van der Waals surface area contributed by atoms with E-state index in [0.29, 0.717) is 0 Å². The molecule has 0 spiro atoms. The van der Waals surface area contributed by atoms with Crippen LogP contribution in [-0.2, 0) is 28.1 Å². The van der Waals surface area contributed by atoms with Gasteiger partial charge in [-0.15, -0.1) is 17.5 Å². The predicted octanol–water partition coefficient (Wildman–Crippen LogP) is 7.83. The summed E-state index contributed by atoms with van der Waals surface area (Å²) in [4.78, 5) is 4.87. The van der Waals surface area contributed by atoms with Gasteiger partial charge in [-0.05, 0) is 46.8 Å². The number of benzene rings is 5. The van der Waals surface area contributed by atoms with Crippen molar-refractivity contribution in [2.75, 3.05) is 0 Å². The van der Waals surface area contributed by atoms with Crippen molar-refractivity contribution in [2.24, 2.45) is 7.05 Å². The normalized spacial score (nSPS) is 11.7. The minimum absolute atomic E-state index is 0. The van der Waals surface area contributed by atoms with Crippen LogP contribution < -0.4 is 10.4 Å². The van der Waals surface area contributed by atoms with Crippen molar-refractivity contribution in [1.82, 2.24) is 18.7 Å². The second kappa shape index (κ2) is 11.4. The molecule has 0 amide bonds. The molecule has 0 aliphatic heterocycles. The zero-order chi connectivity index (χ0) is 29.8. The van der Waals surface area contributed by atoms with E-state index in [4.69, 9.17) is 4.98 Å². The van der Waals surface area contributed by atoms with Crippen LogP contribution in [-0.4, -0.2) is 26.8 Å². The van der Waals surface area contributed by atoms with Gasteiger partial charge in [0.1, 0.15) is 5.82 Å². The van der Waals surface area contributed by atoms with Crippen molar-refractivity contribution in [3.05, 3.63) is 146 Å². The number of imidazole rings is 1. The molecule has 3 heterocycles. The molecule has 0 saturated heterocycles. The predicted molar refractivity (Wildman–Crippen MR) is 185 cm³/mol. The molecular weight excluding hydrogens is 748 g/mol. The molecule has 0 fully saturated rings. The van der Waals surface area contributed by atoms with Crippen LogP contribution in [0.2, 0.25) is 13.1 Å². The van der Waals surface area contributed by atoms with Crippen LogP contribution in [0.4, 0.5) is 0 Å². The first kappa shape index (κ1) is 29.2. The minimum Gasteiger partial charge on any atom is -0.319 e. The summed E-state index contributed by atoms with van der Waals surface area (Å²) >= 11 is 0. The molecule has 4 nitrogen and oxygen atoms in total. The molecule has 6 heteroatoms. The van der Waals surface area contributed by atoms with E-state index in [2.05, 4.69) is 174 Å². The summed E-state index contributed by atoms with van der Waals surface area (Å²) in [7, 11) is -0.107. The summed E-state index contributed by atoms with van der Waals surface area (Å²) in [6.07, 6.45) is 4.05. The van der Waals surface area contributed by atoms with Gasteiger partial charge in [0.05, 0.1) is 8.07 Å². The van der Waals surface area contributed by atoms with E-state index >= 15 is 0 Å². The Kier molecular flexibility index (Phi) is 7.39. The van der Waals surface area contributed by atoms with Crippen LogP contribution in [0.3, 0.4) is 0 Å². The van der Waals surface area contributed by atoms with Crippen molar-refractivity contribution in [2.45, 2.75) is 13.1 Å². The zero-order valence-corrected chi connectivity index (χ0v) is 28.6. The number of rotatable bonds is 5. The monoisotopic (exact) mass is 778 g/mol. The summed E-state index contributed by atoms with van der Waals surface area (Å²) in [6.45, 7) is 4.80. The van der Waals surface area contributed by atoms with Gasteiger partial charge >= 0.3 is 0 Å². The Hall–Kier alpha value is -4.57. The number of pyridine rings is 1. The number of nitrogens with zero attached hydrogens (tertiary/aromatic N) is 4. The van der Waals surface area contributed by atoms with Crippen LogP contribution in [0.25, 0.3) is 55.5 Å². The van der Waals surface area contributed by atoms with Crippen LogP contribution in [0.1, 0.15) is 0 Å². The molecule has 8 rings (SSSR count).